The van der Waals surface area contributed by atoms with Gasteiger partial charge in [-0.1, -0.05) is 0 Å². The number of ether oxygens (including phenoxy) is 1. The maximum atomic E-state index is 12.5. The Kier molecular flexibility index (Phi) is 4.71. The van der Waals surface area contributed by atoms with Crippen LogP contribution >= 0.6 is 0 Å². The highest BCUT2D eigenvalue weighted by Gasteiger charge is 2.35. The second kappa shape index (κ2) is 6.73. The molecule has 0 bridgehead atoms. The Bertz CT molecular complexity index is 529. The van der Waals surface area contributed by atoms with Crippen molar-refractivity contribution in [2.45, 2.75) is 19.0 Å². The van der Waals surface area contributed by atoms with Crippen LogP contribution in [0.1, 0.15) is 15.9 Å². The number of aryl methyl sites for hydroxylation is 1. The fourth-order valence-corrected chi connectivity index (χ4v) is 3.14. The molecule has 0 saturated carbocycles. The SMILES string of the molecule is Cc1ccncc1C(=O)N[C@H]1COC[C@@H]1N1CCN(C)CC1. The van der Waals surface area contributed by atoms with E-state index in [1.165, 1.54) is 0 Å². The largest absolute Gasteiger partial charge is 0.378 e. The molecule has 2 aliphatic heterocycles. The molecule has 0 spiro atoms. The molecular formula is C16H24N4O2. The van der Waals surface area contributed by atoms with E-state index in [0.717, 1.165) is 31.7 Å². The monoisotopic (exact) mass is 304 g/mol. The van der Waals surface area contributed by atoms with E-state index in [1.807, 2.05) is 13.0 Å². The number of likely N-dealkylation sites (N-methyl/N-ethyl adjacent to an activating group) is 1. The lowest BCUT2D eigenvalue weighted by atomic mass is 10.1. The number of hydrogen-bond acceptors (Lipinski definition) is 5. The van der Waals surface area contributed by atoms with Crippen molar-refractivity contribution in [1.29, 1.82) is 0 Å². The smallest absolute Gasteiger partial charge is 0.253 e. The van der Waals surface area contributed by atoms with Crippen molar-refractivity contribution in [2.24, 2.45) is 0 Å². The molecule has 22 heavy (non-hydrogen) atoms. The second-order valence-corrected chi connectivity index (χ2v) is 6.21. The number of pyridine rings is 1. The molecule has 2 atom stereocenters. The second-order valence-electron chi connectivity index (χ2n) is 6.21. The number of piperazine rings is 1. The van der Waals surface area contributed by atoms with Crippen LogP contribution in [0.5, 0.6) is 0 Å². The number of carbonyl (C=O) groups is 1. The van der Waals surface area contributed by atoms with E-state index >= 15 is 0 Å². The Hall–Kier alpha value is -1.50. The van der Waals surface area contributed by atoms with E-state index in [2.05, 4.69) is 27.1 Å². The molecule has 3 heterocycles. The molecule has 1 aromatic heterocycles. The van der Waals surface area contributed by atoms with Gasteiger partial charge in [0.25, 0.3) is 5.91 Å². The van der Waals surface area contributed by atoms with E-state index in [0.29, 0.717) is 18.8 Å². The lowest BCUT2D eigenvalue weighted by Gasteiger charge is -2.38. The van der Waals surface area contributed by atoms with Crippen molar-refractivity contribution in [1.82, 2.24) is 20.1 Å². The summed E-state index contributed by atoms with van der Waals surface area (Å²) in [5.41, 5.74) is 1.59. The fourth-order valence-electron chi connectivity index (χ4n) is 3.14. The van der Waals surface area contributed by atoms with Gasteiger partial charge in [-0.3, -0.25) is 14.7 Å². The number of nitrogens with zero attached hydrogens (tertiary/aromatic N) is 3. The number of amides is 1. The van der Waals surface area contributed by atoms with E-state index < -0.39 is 0 Å². The van der Waals surface area contributed by atoms with Gasteiger partial charge >= 0.3 is 0 Å². The normalized spacial score (nSPS) is 27.0. The van der Waals surface area contributed by atoms with Gasteiger partial charge in [0, 0.05) is 38.6 Å². The molecule has 2 saturated heterocycles. The Morgan fingerprint density at radius 3 is 2.82 bits per heavy atom. The standard InChI is InChI=1S/C16H24N4O2/c1-12-3-4-17-9-13(12)16(21)18-14-10-22-11-15(14)20-7-5-19(2)6-8-20/h3-4,9,14-15H,5-8,10-11H2,1-2H3,(H,18,21)/t14-,15-/m0/s1. The first-order valence-electron chi connectivity index (χ1n) is 7.87. The van der Waals surface area contributed by atoms with Crippen LogP contribution in [0, 0.1) is 6.92 Å². The average Bonchev–Trinajstić information content (AvgIpc) is 2.96. The number of carbonyl (C=O) groups excluding carboxylic acids is 1. The van der Waals surface area contributed by atoms with Crippen molar-refractivity contribution in [3.8, 4) is 0 Å². The molecule has 0 unspecified atom stereocenters. The van der Waals surface area contributed by atoms with Gasteiger partial charge in [-0.05, 0) is 25.6 Å². The first-order valence-corrected chi connectivity index (χ1v) is 7.87. The summed E-state index contributed by atoms with van der Waals surface area (Å²) < 4.78 is 5.63. The third-order valence-electron chi connectivity index (χ3n) is 4.66. The summed E-state index contributed by atoms with van der Waals surface area (Å²) in [5, 5.41) is 3.14. The minimum Gasteiger partial charge on any atom is -0.378 e. The van der Waals surface area contributed by atoms with Crippen LogP contribution in [-0.2, 0) is 4.74 Å². The van der Waals surface area contributed by atoms with E-state index in [4.69, 9.17) is 4.74 Å². The van der Waals surface area contributed by atoms with Gasteiger partial charge in [-0.15, -0.1) is 0 Å². The van der Waals surface area contributed by atoms with Crippen LogP contribution in [0.2, 0.25) is 0 Å². The van der Waals surface area contributed by atoms with Crippen molar-refractivity contribution in [2.75, 3.05) is 46.4 Å². The van der Waals surface area contributed by atoms with Crippen LogP contribution < -0.4 is 5.32 Å². The minimum absolute atomic E-state index is 0.0514. The highest BCUT2D eigenvalue weighted by Crippen LogP contribution is 2.16. The van der Waals surface area contributed by atoms with Gasteiger partial charge in [0.2, 0.25) is 0 Å². The number of hydrogen-bond donors (Lipinski definition) is 1. The molecule has 1 amide bonds. The predicted molar refractivity (Wildman–Crippen MR) is 83.9 cm³/mol. The van der Waals surface area contributed by atoms with Gasteiger partial charge < -0.3 is 15.0 Å². The molecule has 2 fully saturated rings. The lowest BCUT2D eigenvalue weighted by molar-refractivity contribution is 0.0828. The molecule has 1 aromatic rings. The van der Waals surface area contributed by atoms with Crippen LogP contribution in [0.15, 0.2) is 18.5 Å². The molecule has 1 N–H and O–H groups in total. The molecule has 6 heteroatoms. The maximum absolute atomic E-state index is 12.5. The third-order valence-corrected chi connectivity index (χ3v) is 4.66. The zero-order valence-electron chi connectivity index (χ0n) is 13.3. The van der Waals surface area contributed by atoms with Crippen LogP contribution in [-0.4, -0.2) is 79.2 Å². The van der Waals surface area contributed by atoms with Crippen molar-refractivity contribution >= 4 is 5.91 Å². The van der Waals surface area contributed by atoms with Crippen LogP contribution in [0.25, 0.3) is 0 Å². The molecule has 0 aromatic carbocycles. The van der Waals surface area contributed by atoms with E-state index in [1.54, 1.807) is 12.4 Å². The van der Waals surface area contributed by atoms with E-state index in [9.17, 15) is 4.79 Å². The van der Waals surface area contributed by atoms with Crippen molar-refractivity contribution < 1.29 is 9.53 Å². The average molecular weight is 304 g/mol. The van der Waals surface area contributed by atoms with Gasteiger partial charge in [0.05, 0.1) is 30.9 Å². The molecule has 3 rings (SSSR count). The van der Waals surface area contributed by atoms with Crippen molar-refractivity contribution in [3.63, 3.8) is 0 Å². The molecule has 0 aliphatic carbocycles. The summed E-state index contributed by atoms with van der Waals surface area (Å²) in [4.78, 5) is 21.3. The van der Waals surface area contributed by atoms with Crippen LogP contribution in [0.4, 0.5) is 0 Å². The summed E-state index contributed by atoms with van der Waals surface area (Å²) in [6, 6.07) is 2.18. The number of rotatable bonds is 3. The van der Waals surface area contributed by atoms with Crippen molar-refractivity contribution in [3.05, 3.63) is 29.6 Å². The summed E-state index contributed by atoms with van der Waals surface area (Å²) in [7, 11) is 2.15. The molecular weight excluding hydrogens is 280 g/mol. The first kappa shape index (κ1) is 15.4. The highest BCUT2D eigenvalue weighted by atomic mass is 16.5. The topological polar surface area (TPSA) is 57.7 Å². The Morgan fingerprint density at radius 1 is 1.32 bits per heavy atom. The van der Waals surface area contributed by atoms with E-state index in [-0.39, 0.29) is 18.0 Å². The Labute approximate surface area is 131 Å². The lowest BCUT2D eigenvalue weighted by Crippen LogP contribution is -2.56. The molecule has 120 valence electrons. The number of nitrogens with one attached hydrogen (secondary N) is 1. The number of aromatic nitrogens is 1. The fraction of sp³-hybridized carbons (Fsp3) is 0.625. The zero-order chi connectivity index (χ0) is 15.5. The van der Waals surface area contributed by atoms with Crippen LogP contribution in [0.3, 0.4) is 0 Å². The Balaban J connectivity index is 1.64. The zero-order valence-corrected chi connectivity index (χ0v) is 13.3. The Morgan fingerprint density at radius 2 is 2.09 bits per heavy atom. The summed E-state index contributed by atoms with van der Waals surface area (Å²) in [6.07, 6.45) is 3.34. The predicted octanol–water partition coefficient (Wildman–Crippen LogP) is 0.135. The third kappa shape index (κ3) is 3.29. The summed E-state index contributed by atoms with van der Waals surface area (Å²) in [6.45, 7) is 7.41. The minimum atomic E-state index is -0.0553. The van der Waals surface area contributed by atoms with Gasteiger partial charge in [-0.25, -0.2) is 0 Å². The maximum Gasteiger partial charge on any atom is 0.253 e. The van der Waals surface area contributed by atoms with Gasteiger partial charge in [0.15, 0.2) is 0 Å². The molecule has 6 nitrogen and oxygen atoms in total. The first-order chi connectivity index (χ1) is 10.6. The quantitative estimate of drug-likeness (QED) is 0.860. The summed E-state index contributed by atoms with van der Waals surface area (Å²) in [5.74, 6) is -0.0553. The van der Waals surface area contributed by atoms with Gasteiger partial charge in [-0.2, -0.15) is 0 Å². The van der Waals surface area contributed by atoms with Gasteiger partial charge in [0.1, 0.15) is 0 Å². The molecule has 2 aliphatic rings. The highest BCUT2D eigenvalue weighted by molar-refractivity contribution is 5.95. The molecule has 0 radical (unpaired) electrons. The summed E-state index contributed by atoms with van der Waals surface area (Å²) >= 11 is 0.